The summed E-state index contributed by atoms with van der Waals surface area (Å²) >= 11 is 3.40. The van der Waals surface area contributed by atoms with Crippen LogP contribution in [0.25, 0.3) is 0 Å². The second-order valence-electron chi connectivity index (χ2n) is 4.76. The number of rotatable bonds is 4. The van der Waals surface area contributed by atoms with Crippen LogP contribution in [0.3, 0.4) is 0 Å². The van der Waals surface area contributed by atoms with Crippen molar-refractivity contribution in [3.05, 3.63) is 69.2 Å². The van der Waals surface area contributed by atoms with E-state index in [1.807, 2.05) is 37.3 Å². The quantitative estimate of drug-likeness (QED) is 0.891. The fourth-order valence-electron chi connectivity index (χ4n) is 2.18. The standard InChI is InChI=1S/C17H18BrNO/c1-3-13-6-4-5-7-14(13)11-19-17(20)16-10-15(18)9-8-12(16)2/h4-10H,3,11H2,1-2H3,(H,19,20). The van der Waals surface area contributed by atoms with Crippen LogP contribution < -0.4 is 5.32 Å². The van der Waals surface area contributed by atoms with Gasteiger partial charge in [-0.2, -0.15) is 0 Å². The zero-order valence-corrected chi connectivity index (χ0v) is 13.3. The zero-order chi connectivity index (χ0) is 14.5. The van der Waals surface area contributed by atoms with E-state index in [1.165, 1.54) is 11.1 Å². The van der Waals surface area contributed by atoms with Crippen LogP contribution in [0.4, 0.5) is 0 Å². The lowest BCUT2D eigenvalue weighted by molar-refractivity contribution is 0.0950. The van der Waals surface area contributed by atoms with E-state index in [1.54, 1.807) is 0 Å². The van der Waals surface area contributed by atoms with Crippen molar-refractivity contribution >= 4 is 21.8 Å². The average Bonchev–Trinajstić information content (AvgIpc) is 2.47. The average molecular weight is 332 g/mol. The highest BCUT2D eigenvalue weighted by atomic mass is 79.9. The van der Waals surface area contributed by atoms with Crippen molar-refractivity contribution in [2.45, 2.75) is 26.8 Å². The molecule has 1 N–H and O–H groups in total. The maximum absolute atomic E-state index is 12.3. The highest BCUT2D eigenvalue weighted by Gasteiger charge is 2.09. The highest BCUT2D eigenvalue weighted by Crippen LogP contribution is 2.16. The lowest BCUT2D eigenvalue weighted by atomic mass is 10.0. The van der Waals surface area contributed by atoms with Crippen LogP contribution in [0.5, 0.6) is 0 Å². The summed E-state index contributed by atoms with van der Waals surface area (Å²) in [5, 5.41) is 3.00. The van der Waals surface area contributed by atoms with Crippen molar-refractivity contribution in [2.24, 2.45) is 0 Å². The summed E-state index contributed by atoms with van der Waals surface area (Å²) in [7, 11) is 0. The molecular weight excluding hydrogens is 314 g/mol. The maximum Gasteiger partial charge on any atom is 0.251 e. The Labute approximate surface area is 128 Å². The molecular formula is C17H18BrNO. The van der Waals surface area contributed by atoms with Crippen LogP contribution in [0.1, 0.15) is 34.0 Å². The minimum absolute atomic E-state index is 0.0327. The number of halogens is 1. The molecule has 20 heavy (non-hydrogen) atoms. The summed E-state index contributed by atoms with van der Waals surface area (Å²) in [4.78, 5) is 12.3. The minimum atomic E-state index is -0.0327. The summed E-state index contributed by atoms with van der Waals surface area (Å²) in [6, 6.07) is 13.9. The third kappa shape index (κ3) is 3.48. The van der Waals surface area contributed by atoms with Gasteiger partial charge in [-0.1, -0.05) is 53.2 Å². The van der Waals surface area contributed by atoms with Gasteiger partial charge in [-0.3, -0.25) is 4.79 Å². The predicted octanol–water partition coefficient (Wildman–Crippen LogP) is 4.25. The molecule has 1 amide bonds. The summed E-state index contributed by atoms with van der Waals surface area (Å²) in [6.07, 6.45) is 0.974. The number of amides is 1. The SMILES string of the molecule is CCc1ccccc1CNC(=O)c1cc(Br)ccc1C. The van der Waals surface area contributed by atoms with Crippen molar-refractivity contribution in [1.29, 1.82) is 0 Å². The Morgan fingerprint density at radius 3 is 2.55 bits per heavy atom. The second kappa shape index (κ2) is 6.71. The van der Waals surface area contributed by atoms with E-state index in [9.17, 15) is 4.79 Å². The topological polar surface area (TPSA) is 29.1 Å². The fraction of sp³-hybridized carbons (Fsp3) is 0.235. The van der Waals surface area contributed by atoms with Gasteiger partial charge < -0.3 is 5.32 Å². The van der Waals surface area contributed by atoms with Crippen LogP contribution in [0.15, 0.2) is 46.9 Å². The zero-order valence-electron chi connectivity index (χ0n) is 11.7. The van der Waals surface area contributed by atoms with Crippen LogP contribution in [-0.2, 0) is 13.0 Å². The molecule has 0 saturated heterocycles. The molecule has 0 aromatic heterocycles. The molecule has 104 valence electrons. The van der Waals surface area contributed by atoms with E-state index in [2.05, 4.69) is 40.3 Å². The molecule has 2 aromatic carbocycles. The van der Waals surface area contributed by atoms with Crippen LogP contribution in [0.2, 0.25) is 0 Å². The first-order valence-electron chi connectivity index (χ1n) is 6.73. The third-order valence-electron chi connectivity index (χ3n) is 3.38. The molecule has 0 fully saturated rings. The molecule has 2 rings (SSSR count). The normalized spacial score (nSPS) is 10.3. The Morgan fingerprint density at radius 2 is 1.85 bits per heavy atom. The van der Waals surface area contributed by atoms with E-state index in [-0.39, 0.29) is 5.91 Å². The fourth-order valence-corrected chi connectivity index (χ4v) is 2.55. The molecule has 0 aliphatic heterocycles. The lowest BCUT2D eigenvalue weighted by Crippen LogP contribution is -2.24. The van der Waals surface area contributed by atoms with Gasteiger partial charge in [0, 0.05) is 16.6 Å². The van der Waals surface area contributed by atoms with Gasteiger partial charge in [0.2, 0.25) is 0 Å². The largest absolute Gasteiger partial charge is 0.348 e. The summed E-state index contributed by atoms with van der Waals surface area (Å²) in [5.74, 6) is -0.0327. The van der Waals surface area contributed by atoms with E-state index < -0.39 is 0 Å². The molecule has 0 spiro atoms. The van der Waals surface area contributed by atoms with Gasteiger partial charge in [0.05, 0.1) is 0 Å². The van der Waals surface area contributed by atoms with Crippen LogP contribution in [-0.4, -0.2) is 5.91 Å². The number of carbonyl (C=O) groups excluding carboxylic acids is 1. The Morgan fingerprint density at radius 1 is 1.15 bits per heavy atom. The first kappa shape index (κ1) is 14.8. The highest BCUT2D eigenvalue weighted by molar-refractivity contribution is 9.10. The summed E-state index contributed by atoms with van der Waals surface area (Å²) in [5.41, 5.74) is 4.15. The monoisotopic (exact) mass is 331 g/mol. The van der Waals surface area contributed by atoms with Crippen LogP contribution >= 0.6 is 15.9 Å². The van der Waals surface area contributed by atoms with Crippen LogP contribution in [0, 0.1) is 6.92 Å². The number of benzene rings is 2. The lowest BCUT2D eigenvalue weighted by Gasteiger charge is -2.11. The molecule has 0 radical (unpaired) electrons. The van der Waals surface area contributed by atoms with Gasteiger partial charge in [-0.05, 0) is 42.2 Å². The Hall–Kier alpha value is -1.61. The molecule has 0 bridgehead atoms. The van der Waals surface area contributed by atoms with Crippen molar-refractivity contribution in [2.75, 3.05) is 0 Å². The van der Waals surface area contributed by atoms with Gasteiger partial charge in [0.25, 0.3) is 5.91 Å². The van der Waals surface area contributed by atoms with Crippen molar-refractivity contribution in [1.82, 2.24) is 5.32 Å². The molecule has 3 heteroatoms. The predicted molar refractivity (Wildman–Crippen MR) is 85.9 cm³/mol. The van der Waals surface area contributed by atoms with Crippen molar-refractivity contribution < 1.29 is 4.79 Å². The van der Waals surface area contributed by atoms with Gasteiger partial charge in [-0.15, -0.1) is 0 Å². The van der Waals surface area contributed by atoms with E-state index in [0.29, 0.717) is 12.1 Å². The number of aryl methyl sites for hydroxylation is 2. The molecule has 0 aliphatic rings. The molecule has 0 saturated carbocycles. The van der Waals surface area contributed by atoms with E-state index in [0.717, 1.165) is 16.5 Å². The summed E-state index contributed by atoms with van der Waals surface area (Å²) < 4.78 is 0.919. The smallest absolute Gasteiger partial charge is 0.251 e. The minimum Gasteiger partial charge on any atom is -0.348 e. The van der Waals surface area contributed by atoms with E-state index in [4.69, 9.17) is 0 Å². The number of hydrogen-bond donors (Lipinski definition) is 1. The number of nitrogens with one attached hydrogen (secondary N) is 1. The Bertz CT molecular complexity index is 622. The summed E-state index contributed by atoms with van der Waals surface area (Å²) in [6.45, 7) is 4.63. The molecule has 0 atom stereocenters. The molecule has 2 aromatic rings. The number of carbonyl (C=O) groups is 1. The van der Waals surface area contributed by atoms with E-state index >= 15 is 0 Å². The maximum atomic E-state index is 12.3. The molecule has 0 heterocycles. The van der Waals surface area contributed by atoms with Gasteiger partial charge in [0.1, 0.15) is 0 Å². The number of hydrogen-bond acceptors (Lipinski definition) is 1. The molecule has 2 nitrogen and oxygen atoms in total. The first-order chi connectivity index (χ1) is 9.61. The molecule has 0 aliphatic carbocycles. The molecule has 0 unspecified atom stereocenters. The Kier molecular flexibility index (Phi) is 4.96. The van der Waals surface area contributed by atoms with Crippen molar-refractivity contribution in [3.8, 4) is 0 Å². The first-order valence-corrected chi connectivity index (χ1v) is 7.52. The second-order valence-corrected chi connectivity index (χ2v) is 5.68. The van der Waals surface area contributed by atoms with Gasteiger partial charge in [-0.25, -0.2) is 0 Å². The van der Waals surface area contributed by atoms with Crippen molar-refractivity contribution in [3.63, 3.8) is 0 Å². The van der Waals surface area contributed by atoms with Gasteiger partial charge >= 0.3 is 0 Å². The van der Waals surface area contributed by atoms with Gasteiger partial charge in [0.15, 0.2) is 0 Å². The Balaban J connectivity index is 2.11. The third-order valence-corrected chi connectivity index (χ3v) is 3.88.